The molecule has 0 unspecified atom stereocenters. The molecule has 0 aromatic heterocycles. The molecule has 57 heavy (non-hydrogen) atoms. The van der Waals surface area contributed by atoms with E-state index < -0.39 is 38.3 Å². The molecule has 292 valence electrons. The highest BCUT2D eigenvalue weighted by Crippen LogP contribution is 2.52. The van der Waals surface area contributed by atoms with E-state index in [0.29, 0.717) is 6.42 Å². The minimum atomic E-state index is -4.21. The minimum absolute atomic E-state index is 0.0868. The summed E-state index contributed by atoms with van der Waals surface area (Å²) in [5.41, 5.74) is 3.36. The van der Waals surface area contributed by atoms with Crippen LogP contribution in [0.4, 0.5) is 0 Å². The molecule has 0 spiro atoms. The number of nitrogens with zero attached hydrogens (tertiary/aromatic N) is 2. The number of amides is 1. The number of rotatable bonds is 13. The summed E-state index contributed by atoms with van der Waals surface area (Å²) in [5.74, 6) is -0.970. The molecule has 0 radical (unpaired) electrons. The van der Waals surface area contributed by atoms with Crippen LogP contribution in [0.1, 0.15) is 49.4 Å². The number of benzene rings is 6. The fourth-order valence-corrected chi connectivity index (χ4v) is 11.3. The number of hydrogen-bond donors (Lipinski definition) is 0. The van der Waals surface area contributed by atoms with Gasteiger partial charge in [0.15, 0.2) is 0 Å². The van der Waals surface area contributed by atoms with Crippen molar-refractivity contribution in [2.75, 3.05) is 19.6 Å². The molecule has 0 bridgehead atoms. The van der Waals surface area contributed by atoms with Crippen molar-refractivity contribution >= 4 is 44.4 Å². The van der Waals surface area contributed by atoms with Gasteiger partial charge in [0.2, 0.25) is 15.9 Å². The number of hydrogen-bond acceptors (Lipinski definition) is 6. The summed E-state index contributed by atoms with van der Waals surface area (Å²) in [6.07, 6.45) is 0.720. The van der Waals surface area contributed by atoms with Gasteiger partial charge >= 0.3 is 5.97 Å². The molecule has 1 aliphatic heterocycles. The summed E-state index contributed by atoms with van der Waals surface area (Å²) in [4.78, 5) is 30.1. The third kappa shape index (κ3) is 9.01. The molecule has 0 N–H and O–H groups in total. The Kier molecular flexibility index (Phi) is 12.0. The Morgan fingerprint density at radius 2 is 1.21 bits per heavy atom. The smallest absolute Gasteiger partial charge is 0.326 e. The lowest BCUT2D eigenvalue weighted by Crippen LogP contribution is -2.50. The second kappa shape index (κ2) is 17.1. The van der Waals surface area contributed by atoms with Crippen molar-refractivity contribution in [3.63, 3.8) is 0 Å². The topological polar surface area (TPSA) is 84.0 Å². The number of fused-ring (bicyclic) bond motifs is 1. The standard InChI is InChI=1S/C48H48N2O5S2/c1-47(2,3)55-45(51)35-49(31-30-36-18-8-4-9-19-36)46(52)44-33-42(34-50(44)57(53,54)43-29-28-37-20-16-17-21-38(37)32-43)56-48(39-22-10-5-11-23-39,40-24-12-6-13-25-40)41-26-14-7-15-27-41/h4-29,32,42,44H,30-31,33-35H2,1-3H3/t42-,44+/m1/s1. The molecule has 0 saturated carbocycles. The van der Waals surface area contributed by atoms with Gasteiger partial charge in [0.05, 0.1) is 9.64 Å². The highest BCUT2D eigenvalue weighted by atomic mass is 32.2. The molecule has 1 fully saturated rings. The number of esters is 1. The third-order valence-corrected chi connectivity index (χ3v) is 13.9. The zero-order chi connectivity index (χ0) is 40.0. The SMILES string of the molecule is CC(C)(C)OC(=O)CN(CCc1ccccc1)C(=O)[C@@H]1C[C@@H](SC(c2ccccc2)(c2ccccc2)c2ccccc2)CN1S(=O)(=O)c1ccc2ccccc2c1. The summed E-state index contributed by atoms with van der Waals surface area (Å²) >= 11 is 1.67. The molecule has 6 aromatic rings. The maximum absolute atomic E-state index is 15.1. The summed E-state index contributed by atoms with van der Waals surface area (Å²) in [7, 11) is -4.21. The van der Waals surface area contributed by atoms with Crippen LogP contribution in [0, 0.1) is 0 Å². The van der Waals surface area contributed by atoms with Crippen LogP contribution in [0.15, 0.2) is 169 Å². The molecule has 7 rings (SSSR count). The van der Waals surface area contributed by atoms with E-state index in [-0.39, 0.29) is 36.2 Å². The Hall–Kier alpha value is -5.22. The summed E-state index contributed by atoms with van der Waals surface area (Å²) in [6.45, 7) is 5.36. The number of carbonyl (C=O) groups excluding carboxylic acids is 2. The van der Waals surface area contributed by atoms with E-state index in [1.165, 1.54) is 9.21 Å². The van der Waals surface area contributed by atoms with Gasteiger partial charge in [-0.3, -0.25) is 9.59 Å². The largest absolute Gasteiger partial charge is 0.459 e. The first-order valence-electron chi connectivity index (χ1n) is 19.3. The summed E-state index contributed by atoms with van der Waals surface area (Å²) < 4.78 is 36.3. The number of thioether (sulfide) groups is 1. The number of ether oxygens (including phenoxy) is 1. The van der Waals surface area contributed by atoms with Crippen molar-refractivity contribution in [2.45, 2.75) is 60.1 Å². The molecule has 1 amide bonds. The number of carbonyl (C=O) groups is 2. The van der Waals surface area contributed by atoms with Crippen molar-refractivity contribution in [3.8, 4) is 0 Å². The van der Waals surface area contributed by atoms with Gasteiger partial charge < -0.3 is 9.64 Å². The van der Waals surface area contributed by atoms with Crippen molar-refractivity contribution in [1.82, 2.24) is 9.21 Å². The van der Waals surface area contributed by atoms with Crippen LogP contribution >= 0.6 is 11.8 Å². The van der Waals surface area contributed by atoms with Crippen LogP contribution in [0.5, 0.6) is 0 Å². The van der Waals surface area contributed by atoms with Gasteiger partial charge in [-0.2, -0.15) is 4.31 Å². The third-order valence-electron chi connectivity index (χ3n) is 10.3. The highest BCUT2D eigenvalue weighted by Gasteiger charge is 2.49. The van der Waals surface area contributed by atoms with E-state index in [9.17, 15) is 13.2 Å². The Balaban J connectivity index is 1.32. The molecule has 1 aliphatic rings. The van der Waals surface area contributed by atoms with Crippen LogP contribution in [0.3, 0.4) is 0 Å². The molecular weight excluding hydrogens is 749 g/mol. The summed E-state index contributed by atoms with van der Waals surface area (Å²) in [6, 6.07) is 52.2. The fraction of sp³-hybridized carbons (Fsp3) is 0.250. The Labute approximate surface area is 340 Å². The second-order valence-corrected chi connectivity index (χ2v) is 18.8. The number of sulfonamides is 1. The predicted molar refractivity (Wildman–Crippen MR) is 229 cm³/mol. The van der Waals surface area contributed by atoms with Crippen LogP contribution < -0.4 is 0 Å². The van der Waals surface area contributed by atoms with E-state index in [1.807, 2.05) is 109 Å². The van der Waals surface area contributed by atoms with Gasteiger partial charge in [0.25, 0.3) is 0 Å². The molecule has 0 aliphatic carbocycles. The molecule has 2 atom stereocenters. The average molecular weight is 797 g/mol. The van der Waals surface area contributed by atoms with Gasteiger partial charge in [-0.25, -0.2) is 8.42 Å². The van der Waals surface area contributed by atoms with Gasteiger partial charge in [-0.15, -0.1) is 11.8 Å². The lowest BCUT2D eigenvalue weighted by Gasteiger charge is -2.37. The summed E-state index contributed by atoms with van der Waals surface area (Å²) in [5, 5.41) is 1.38. The average Bonchev–Trinajstić information content (AvgIpc) is 3.66. The molecule has 6 aromatic carbocycles. The molecule has 1 saturated heterocycles. The van der Waals surface area contributed by atoms with Crippen molar-refractivity contribution < 1.29 is 22.7 Å². The maximum Gasteiger partial charge on any atom is 0.326 e. The van der Waals surface area contributed by atoms with E-state index >= 15 is 4.79 Å². The zero-order valence-electron chi connectivity index (χ0n) is 32.5. The van der Waals surface area contributed by atoms with Crippen molar-refractivity contribution in [2.24, 2.45) is 0 Å². The van der Waals surface area contributed by atoms with Gasteiger partial charge in [0.1, 0.15) is 18.2 Å². The van der Waals surface area contributed by atoms with E-state index in [4.69, 9.17) is 4.74 Å². The monoisotopic (exact) mass is 796 g/mol. The Morgan fingerprint density at radius 1 is 0.702 bits per heavy atom. The predicted octanol–water partition coefficient (Wildman–Crippen LogP) is 9.11. The van der Waals surface area contributed by atoms with Gasteiger partial charge in [-0.05, 0) is 78.8 Å². The van der Waals surface area contributed by atoms with Crippen LogP contribution in [-0.2, 0) is 35.5 Å². The lowest BCUT2D eigenvalue weighted by atomic mass is 9.84. The molecule has 1 heterocycles. The van der Waals surface area contributed by atoms with E-state index in [2.05, 4.69) is 36.4 Å². The van der Waals surface area contributed by atoms with E-state index in [0.717, 1.165) is 33.0 Å². The van der Waals surface area contributed by atoms with Crippen molar-refractivity contribution in [3.05, 3.63) is 186 Å². The van der Waals surface area contributed by atoms with Crippen molar-refractivity contribution in [1.29, 1.82) is 0 Å². The first kappa shape index (κ1) is 40.0. The van der Waals surface area contributed by atoms with Gasteiger partial charge in [0, 0.05) is 18.3 Å². The highest BCUT2D eigenvalue weighted by molar-refractivity contribution is 8.01. The van der Waals surface area contributed by atoms with Crippen LogP contribution in [-0.4, -0.2) is 66.0 Å². The minimum Gasteiger partial charge on any atom is -0.459 e. The first-order valence-corrected chi connectivity index (χ1v) is 21.7. The Bertz CT molecular complexity index is 2310. The molecule has 9 heteroatoms. The van der Waals surface area contributed by atoms with Gasteiger partial charge in [-0.1, -0.05) is 152 Å². The normalized spacial score (nSPS) is 16.3. The second-order valence-electron chi connectivity index (χ2n) is 15.4. The molecule has 7 nitrogen and oxygen atoms in total. The lowest BCUT2D eigenvalue weighted by molar-refractivity contribution is -0.159. The maximum atomic E-state index is 15.1. The quantitative estimate of drug-likeness (QED) is 0.0857. The van der Waals surface area contributed by atoms with Crippen LogP contribution in [0.2, 0.25) is 0 Å². The van der Waals surface area contributed by atoms with E-state index in [1.54, 1.807) is 50.7 Å². The van der Waals surface area contributed by atoms with Crippen LogP contribution in [0.25, 0.3) is 10.8 Å². The zero-order valence-corrected chi connectivity index (χ0v) is 34.2. The molecular formula is C48H48N2O5S2. The Morgan fingerprint density at radius 3 is 1.75 bits per heavy atom. The first-order chi connectivity index (χ1) is 27.4. The fourth-order valence-electron chi connectivity index (χ4n) is 7.70.